The van der Waals surface area contributed by atoms with Crippen molar-refractivity contribution < 1.29 is 9.59 Å². The van der Waals surface area contributed by atoms with Crippen LogP contribution in [0.4, 0.5) is 17.1 Å². The normalized spacial score (nSPS) is 18.6. The lowest BCUT2D eigenvalue weighted by molar-refractivity contribution is -0.117. The third kappa shape index (κ3) is 2.61. The van der Waals surface area contributed by atoms with E-state index in [1.54, 1.807) is 36.4 Å². The van der Waals surface area contributed by atoms with Crippen molar-refractivity contribution in [3.8, 4) is 0 Å². The Bertz CT molecular complexity index is 820. The molecule has 2 aliphatic rings. The van der Waals surface area contributed by atoms with Crippen LogP contribution in [0.1, 0.15) is 23.2 Å². The number of rotatable bonds is 2. The summed E-state index contributed by atoms with van der Waals surface area (Å²) in [5.74, 6) is -0.215. The molecule has 6 heteroatoms. The monoisotopic (exact) mass is 341 g/mol. The molecule has 2 aliphatic heterocycles. The van der Waals surface area contributed by atoms with Crippen LogP contribution in [0.15, 0.2) is 42.5 Å². The molecule has 2 heterocycles. The highest BCUT2D eigenvalue weighted by atomic mass is 35.5. The van der Waals surface area contributed by atoms with E-state index in [-0.39, 0.29) is 17.9 Å². The minimum Gasteiger partial charge on any atom is -0.358 e. The SMILES string of the molecule is O=C(Nc1ccc(Cl)cc1)c1ccc2c(c1)NC(=O)[C@@H]1CCCN21. The van der Waals surface area contributed by atoms with Crippen molar-refractivity contribution in [3.05, 3.63) is 53.1 Å². The van der Waals surface area contributed by atoms with Crippen molar-refractivity contribution in [3.63, 3.8) is 0 Å². The second-order valence-corrected chi connectivity index (χ2v) is 6.47. The third-order valence-electron chi connectivity index (χ3n) is 4.48. The van der Waals surface area contributed by atoms with E-state index in [0.29, 0.717) is 22.0 Å². The summed E-state index contributed by atoms with van der Waals surface area (Å²) in [6.45, 7) is 0.876. The van der Waals surface area contributed by atoms with E-state index in [9.17, 15) is 9.59 Å². The van der Waals surface area contributed by atoms with Gasteiger partial charge in [-0.3, -0.25) is 9.59 Å². The Labute approximate surface area is 144 Å². The van der Waals surface area contributed by atoms with Gasteiger partial charge in [-0.2, -0.15) is 0 Å². The Hall–Kier alpha value is -2.53. The average Bonchev–Trinajstić information content (AvgIpc) is 3.07. The van der Waals surface area contributed by atoms with Crippen molar-refractivity contribution in [2.24, 2.45) is 0 Å². The summed E-state index contributed by atoms with van der Waals surface area (Å²) < 4.78 is 0. The van der Waals surface area contributed by atoms with Gasteiger partial charge >= 0.3 is 0 Å². The number of nitrogens with zero attached hydrogens (tertiary/aromatic N) is 1. The molecule has 1 atom stereocenters. The van der Waals surface area contributed by atoms with E-state index >= 15 is 0 Å². The smallest absolute Gasteiger partial charge is 0.255 e. The first-order chi connectivity index (χ1) is 11.6. The highest BCUT2D eigenvalue weighted by molar-refractivity contribution is 6.30. The molecule has 122 valence electrons. The maximum Gasteiger partial charge on any atom is 0.255 e. The zero-order valence-corrected chi connectivity index (χ0v) is 13.6. The average molecular weight is 342 g/mol. The number of hydrogen-bond donors (Lipinski definition) is 2. The molecule has 1 saturated heterocycles. The van der Waals surface area contributed by atoms with Gasteiger partial charge in [-0.15, -0.1) is 0 Å². The van der Waals surface area contributed by atoms with E-state index in [1.807, 2.05) is 6.07 Å². The number of halogens is 1. The molecule has 0 unspecified atom stereocenters. The van der Waals surface area contributed by atoms with Gasteiger partial charge in [0.05, 0.1) is 11.4 Å². The minimum absolute atomic E-state index is 0.00950. The fourth-order valence-corrected chi connectivity index (χ4v) is 3.43. The molecular formula is C18H16ClN3O2. The van der Waals surface area contributed by atoms with Gasteiger partial charge in [0.25, 0.3) is 5.91 Å². The lowest BCUT2D eigenvalue weighted by Gasteiger charge is -2.33. The van der Waals surface area contributed by atoms with Crippen LogP contribution >= 0.6 is 11.6 Å². The van der Waals surface area contributed by atoms with Gasteiger partial charge in [-0.25, -0.2) is 0 Å². The number of carbonyl (C=O) groups is 2. The molecule has 2 aromatic rings. The quantitative estimate of drug-likeness (QED) is 0.878. The summed E-state index contributed by atoms with van der Waals surface area (Å²) in [5.41, 5.74) is 2.86. The van der Waals surface area contributed by atoms with Gasteiger partial charge in [0.2, 0.25) is 5.91 Å². The summed E-state index contributed by atoms with van der Waals surface area (Å²) in [5, 5.41) is 6.36. The first kappa shape index (κ1) is 15.0. The van der Waals surface area contributed by atoms with E-state index in [4.69, 9.17) is 11.6 Å². The van der Waals surface area contributed by atoms with Gasteiger partial charge in [0.15, 0.2) is 0 Å². The summed E-state index contributed by atoms with van der Waals surface area (Å²) in [4.78, 5) is 26.7. The third-order valence-corrected chi connectivity index (χ3v) is 4.74. The van der Waals surface area contributed by atoms with Crippen LogP contribution in [0, 0.1) is 0 Å². The molecule has 1 fully saturated rings. The highest BCUT2D eigenvalue weighted by Gasteiger charge is 2.36. The number of anilines is 3. The second kappa shape index (κ2) is 5.83. The fourth-order valence-electron chi connectivity index (χ4n) is 3.31. The molecule has 2 aromatic carbocycles. The molecule has 0 aliphatic carbocycles. The Morgan fingerprint density at radius 3 is 2.79 bits per heavy atom. The molecule has 2 amide bonds. The maximum absolute atomic E-state index is 12.4. The molecule has 24 heavy (non-hydrogen) atoms. The molecule has 0 spiro atoms. The van der Waals surface area contributed by atoms with Gasteiger partial charge in [-0.1, -0.05) is 11.6 Å². The van der Waals surface area contributed by atoms with Crippen molar-refractivity contribution in [2.75, 3.05) is 22.1 Å². The van der Waals surface area contributed by atoms with Gasteiger partial charge in [0, 0.05) is 22.8 Å². The minimum atomic E-state index is -0.224. The molecule has 4 rings (SSSR count). The number of amides is 2. The molecule has 0 radical (unpaired) electrons. The predicted molar refractivity (Wildman–Crippen MR) is 94.8 cm³/mol. The number of fused-ring (bicyclic) bond motifs is 3. The molecule has 0 bridgehead atoms. The lowest BCUT2D eigenvalue weighted by Crippen LogP contribution is -2.43. The summed E-state index contributed by atoms with van der Waals surface area (Å²) in [6, 6.07) is 12.3. The van der Waals surface area contributed by atoms with Crippen LogP contribution in [0.5, 0.6) is 0 Å². The molecule has 5 nitrogen and oxygen atoms in total. The van der Waals surface area contributed by atoms with Gasteiger partial charge in [0.1, 0.15) is 6.04 Å². The number of carbonyl (C=O) groups excluding carboxylic acids is 2. The number of benzene rings is 2. The zero-order valence-electron chi connectivity index (χ0n) is 12.9. The van der Waals surface area contributed by atoms with E-state index in [1.165, 1.54) is 0 Å². The van der Waals surface area contributed by atoms with E-state index in [2.05, 4.69) is 15.5 Å². The predicted octanol–water partition coefficient (Wildman–Crippen LogP) is 3.51. The van der Waals surface area contributed by atoms with Crippen LogP contribution in [0.2, 0.25) is 5.02 Å². The standard InChI is InChI=1S/C18H16ClN3O2/c19-12-4-6-13(7-5-12)20-17(23)11-3-8-15-14(10-11)21-18(24)16-2-1-9-22(15)16/h3-8,10,16H,1-2,9H2,(H,20,23)(H,21,24)/t16-/m0/s1. The lowest BCUT2D eigenvalue weighted by atomic mass is 10.1. The Morgan fingerprint density at radius 1 is 1.21 bits per heavy atom. The Kier molecular flexibility index (Phi) is 3.65. The van der Waals surface area contributed by atoms with Gasteiger partial charge < -0.3 is 15.5 Å². The van der Waals surface area contributed by atoms with E-state index < -0.39 is 0 Å². The number of hydrogen-bond acceptors (Lipinski definition) is 3. The summed E-state index contributed by atoms with van der Waals surface area (Å²) in [6.07, 6.45) is 1.89. The zero-order chi connectivity index (χ0) is 16.7. The van der Waals surface area contributed by atoms with Crippen molar-refractivity contribution >= 4 is 40.5 Å². The number of nitrogens with one attached hydrogen (secondary N) is 2. The first-order valence-corrected chi connectivity index (χ1v) is 8.28. The van der Waals surface area contributed by atoms with E-state index in [0.717, 1.165) is 25.1 Å². The van der Waals surface area contributed by atoms with Crippen molar-refractivity contribution in [1.29, 1.82) is 0 Å². The topological polar surface area (TPSA) is 61.4 Å². The highest BCUT2D eigenvalue weighted by Crippen LogP contribution is 2.37. The largest absolute Gasteiger partial charge is 0.358 e. The van der Waals surface area contributed by atoms with Crippen LogP contribution < -0.4 is 15.5 Å². The first-order valence-electron chi connectivity index (χ1n) is 7.90. The molecule has 0 saturated carbocycles. The van der Waals surface area contributed by atoms with Crippen molar-refractivity contribution in [1.82, 2.24) is 0 Å². The van der Waals surface area contributed by atoms with Crippen LogP contribution in [-0.4, -0.2) is 24.4 Å². The molecular weight excluding hydrogens is 326 g/mol. The molecule has 2 N–H and O–H groups in total. The van der Waals surface area contributed by atoms with Crippen molar-refractivity contribution in [2.45, 2.75) is 18.9 Å². The second-order valence-electron chi connectivity index (χ2n) is 6.03. The van der Waals surface area contributed by atoms with Crippen LogP contribution in [0.25, 0.3) is 0 Å². The van der Waals surface area contributed by atoms with Crippen LogP contribution in [0.3, 0.4) is 0 Å². The van der Waals surface area contributed by atoms with Crippen LogP contribution in [-0.2, 0) is 4.79 Å². The summed E-state index contributed by atoms with van der Waals surface area (Å²) >= 11 is 5.84. The fraction of sp³-hybridized carbons (Fsp3) is 0.222. The maximum atomic E-state index is 12.4. The summed E-state index contributed by atoms with van der Waals surface area (Å²) in [7, 11) is 0. The Morgan fingerprint density at radius 2 is 2.00 bits per heavy atom. The molecule has 0 aromatic heterocycles. The van der Waals surface area contributed by atoms with Gasteiger partial charge in [-0.05, 0) is 55.3 Å². The Balaban J connectivity index is 1.59.